The summed E-state index contributed by atoms with van der Waals surface area (Å²) < 4.78 is 0. The molecule has 1 aromatic rings. The van der Waals surface area contributed by atoms with Gasteiger partial charge in [-0.25, -0.2) is 0 Å². The molecule has 2 rings (SSSR count). The number of amides is 1. The van der Waals surface area contributed by atoms with Gasteiger partial charge in [0.15, 0.2) is 0 Å². The molecule has 3 N–H and O–H groups in total. The standard InChI is InChI=1S/C16H25N3O.ClH/c1-12(2)19-10-8-14(9-11-19)18-16(20)15(17)13-6-4-3-5-7-13;/h3-7,12,14-15H,8-11,17H2,1-2H3,(H,18,20);1H. The van der Waals surface area contributed by atoms with Gasteiger partial charge in [0.25, 0.3) is 0 Å². The van der Waals surface area contributed by atoms with Gasteiger partial charge >= 0.3 is 0 Å². The summed E-state index contributed by atoms with van der Waals surface area (Å²) in [5, 5.41) is 3.09. The molecule has 21 heavy (non-hydrogen) atoms. The van der Waals surface area contributed by atoms with Gasteiger partial charge in [0.2, 0.25) is 5.91 Å². The van der Waals surface area contributed by atoms with Crippen LogP contribution >= 0.6 is 12.4 Å². The van der Waals surface area contributed by atoms with Gasteiger partial charge in [0.05, 0.1) is 0 Å². The number of carbonyl (C=O) groups is 1. The smallest absolute Gasteiger partial charge is 0.241 e. The van der Waals surface area contributed by atoms with Crippen molar-refractivity contribution in [2.24, 2.45) is 5.73 Å². The Labute approximate surface area is 133 Å². The Morgan fingerprint density at radius 2 is 1.81 bits per heavy atom. The third-order valence-electron chi connectivity index (χ3n) is 4.05. The first-order valence-electron chi connectivity index (χ1n) is 7.43. The lowest BCUT2D eigenvalue weighted by Gasteiger charge is -2.35. The normalized spacial score (nSPS) is 18.1. The molecule has 1 heterocycles. The van der Waals surface area contributed by atoms with E-state index in [0.717, 1.165) is 31.5 Å². The fourth-order valence-corrected chi connectivity index (χ4v) is 2.66. The predicted octanol–water partition coefficient (Wildman–Crippen LogP) is 2.10. The molecule has 1 aliphatic heterocycles. The Morgan fingerprint density at radius 3 is 2.33 bits per heavy atom. The molecule has 0 aliphatic carbocycles. The van der Waals surface area contributed by atoms with Gasteiger partial charge < -0.3 is 16.0 Å². The summed E-state index contributed by atoms with van der Waals surface area (Å²) in [6.45, 7) is 6.51. The number of likely N-dealkylation sites (tertiary alicyclic amines) is 1. The molecule has 0 radical (unpaired) electrons. The lowest BCUT2D eigenvalue weighted by atomic mass is 10.0. The SMILES string of the molecule is CC(C)N1CCC(NC(=O)C(N)c2ccccc2)CC1.Cl. The van der Waals surface area contributed by atoms with Crippen LogP contribution in [0.25, 0.3) is 0 Å². The zero-order valence-corrected chi connectivity index (χ0v) is 13.6. The number of nitrogens with zero attached hydrogens (tertiary/aromatic N) is 1. The Bertz CT molecular complexity index is 430. The van der Waals surface area contributed by atoms with Gasteiger partial charge in [0.1, 0.15) is 6.04 Å². The first-order chi connectivity index (χ1) is 9.58. The van der Waals surface area contributed by atoms with Gasteiger partial charge in [-0.2, -0.15) is 0 Å². The van der Waals surface area contributed by atoms with Crippen molar-refractivity contribution in [3.8, 4) is 0 Å². The summed E-state index contributed by atoms with van der Waals surface area (Å²) >= 11 is 0. The molecule has 1 saturated heterocycles. The van der Waals surface area contributed by atoms with Crippen LogP contribution in [0.2, 0.25) is 0 Å². The molecule has 1 atom stereocenters. The van der Waals surface area contributed by atoms with Crippen LogP contribution in [-0.2, 0) is 4.79 Å². The summed E-state index contributed by atoms with van der Waals surface area (Å²) in [4.78, 5) is 14.6. The highest BCUT2D eigenvalue weighted by atomic mass is 35.5. The van der Waals surface area contributed by atoms with Crippen LogP contribution in [0.15, 0.2) is 30.3 Å². The van der Waals surface area contributed by atoms with E-state index >= 15 is 0 Å². The highest BCUT2D eigenvalue weighted by Gasteiger charge is 2.24. The number of nitrogens with two attached hydrogens (primary N) is 1. The van der Waals surface area contributed by atoms with Crippen molar-refractivity contribution in [1.82, 2.24) is 10.2 Å². The Hall–Kier alpha value is -1.10. The summed E-state index contributed by atoms with van der Waals surface area (Å²) in [5.41, 5.74) is 6.87. The first kappa shape index (κ1) is 18.0. The highest BCUT2D eigenvalue weighted by Crippen LogP contribution is 2.15. The average molecular weight is 312 g/mol. The van der Waals surface area contributed by atoms with Crippen molar-refractivity contribution in [2.75, 3.05) is 13.1 Å². The zero-order chi connectivity index (χ0) is 14.5. The van der Waals surface area contributed by atoms with Crippen LogP contribution in [0.1, 0.15) is 38.3 Å². The van der Waals surface area contributed by atoms with E-state index in [-0.39, 0.29) is 24.4 Å². The van der Waals surface area contributed by atoms with Crippen LogP contribution in [0.5, 0.6) is 0 Å². The summed E-state index contributed by atoms with van der Waals surface area (Å²) in [6, 6.07) is 9.80. The second-order valence-electron chi connectivity index (χ2n) is 5.80. The van der Waals surface area contributed by atoms with Gasteiger partial charge in [-0.1, -0.05) is 30.3 Å². The van der Waals surface area contributed by atoms with Gasteiger partial charge in [-0.15, -0.1) is 12.4 Å². The minimum absolute atomic E-state index is 0. The molecule has 0 spiro atoms. The van der Waals surface area contributed by atoms with E-state index in [1.54, 1.807) is 0 Å². The van der Waals surface area contributed by atoms with Crippen molar-refractivity contribution in [1.29, 1.82) is 0 Å². The van der Waals surface area contributed by atoms with Crippen LogP contribution in [0, 0.1) is 0 Å². The lowest BCUT2D eigenvalue weighted by Crippen LogP contribution is -2.48. The molecule has 0 aromatic heterocycles. The number of nitrogens with one attached hydrogen (secondary N) is 1. The van der Waals surface area contributed by atoms with Crippen LogP contribution in [0.3, 0.4) is 0 Å². The van der Waals surface area contributed by atoms with Crippen molar-refractivity contribution in [3.05, 3.63) is 35.9 Å². The maximum absolute atomic E-state index is 12.2. The lowest BCUT2D eigenvalue weighted by molar-refractivity contribution is -0.123. The van der Waals surface area contributed by atoms with E-state index < -0.39 is 6.04 Å². The number of hydrogen-bond acceptors (Lipinski definition) is 3. The van der Waals surface area contributed by atoms with Crippen LogP contribution < -0.4 is 11.1 Å². The third kappa shape index (κ3) is 4.99. The van der Waals surface area contributed by atoms with E-state index in [4.69, 9.17) is 5.73 Å². The molecule has 1 amide bonds. The fraction of sp³-hybridized carbons (Fsp3) is 0.562. The van der Waals surface area contributed by atoms with E-state index in [0.29, 0.717) is 6.04 Å². The maximum atomic E-state index is 12.2. The largest absolute Gasteiger partial charge is 0.352 e. The topological polar surface area (TPSA) is 58.4 Å². The fourth-order valence-electron chi connectivity index (χ4n) is 2.66. The minimum Gasteiger partial charge on any atom is -0.352 e. The highest BCUT2D eigenvalue weighted by molar-refractivity contribution is 5.85. The first-order valence-corrected chi connectivity index (χ1v) is 7.43. The molecule has 1 fully saturated rings. The molecule has 5 heteroatoms. The van der Waals surface area contributed by atoms with E-state index in [2.05, 4.69) is 24.1 Å². The maximum Gasteiger partial charge on any atom is 0.241 e. The van der Waals surface area contributed by atoms with Crippen molar-refractivity contribution in [3.63, 3.8) is 0 Å². The van der Waals surface area contributed by atoms with E-state index in [9.17, 15) is 4.79 Å². The molecule has 1 unspecified atom stereocenters. The Kier molecular flexibility index (Phi) is 7.15. The Balaban J connectivity index is 0.00000220. The molecule has 1 aromatic carbocycles. The molecule has 0 saturated carbocycles. The Morgan fingerprint density at radius 1 is 1.24 bits per heavy atom. The summed E-state index contributed by atoms with van der Waals surface area (Å²) in [5.74, 6) is -0.0702. The van der Waals surface area contributed by atoms with Gasteiger partial charge in [-0.3, -0.25) is 4.79 Å². The second-order valence-corrected chi connectivity index (χ2v) is 5.80. The average Bonchev–Trinajstić information content (AvgIpc) is 2.48. The molecule has 0 bridgehead atoms. The quantitative estimate of drug-likeness (QED) is 0.895. The van der Waals surface area contributed by atoms with Gasteiger partial charge in [0, 0.05) is 25.2 Å². The second kappa shape index (κ2) is 8.37. The van der Waals surface area contributed by atoms with Crippen LogP contribution in [-0.4, -0.2) is 36.0 Å². The number of carbonyl (C=O) groups excluding carboxylic acids is 1. The van der Waals surface area contributed by atoms with Crippen molar-refractivity contribution < 1.29 is 4.79 Å². The third-order valence-corrected chi connectivity index (χ3v) is 4.05. The van der Waals surface area contributed by atoms with Gasteiger partial charge in [-0.05, 0) is 32.3 Å². The summed E-state index contributed by atoms with van der Waals surface area (Å²) in [6.07, 6.45) is 2.01. The summed E-state index contributed by atoms with van der Waals surface area (Å²) in [7, 11) is 0. The molecular formula is C16H26ClN3O. The number of hydrogen-bond donors (Lipinski definition) is 2. The molecule has 118 valence electrons. The number of benzene rings is 1. The van der Waals surface area contributed by atoms with E-state index in [1.807, 2.05) is 30.3 Å². The van der Waals surface area contributed by atoms with Crippen molar-refractivity contribution in [2.45, 2.75) is 44.8 Å². The number of halogens is 1. The molecule has 1 aliphatic rings. The van der Waals surface area contributed by atoms with Crippen LogP contribution in [0.4, 0.5) is 0 Å². The predicted molar refractivity (Wildman–Crippen MR) is 88.5 cm³/mol. The van der Waals surface area contributed by atoms with E-state index in [1.165, 1.54) is 0 Å². The molecule has 4 nitrogen and oxygen atoms in total. The zero-order valence-electron chi connectivity index (χ0n) is 12.8. The monoisotopic (exact) mass is 311 g/mol. The minimum atomic E-state index is -0.570. The molecular weight excluding hydrogens is 286 g/mol. The van der Waals surface area contributed by atoms with Crippen molar-refractivity contribution >= 4 is 18.3 Å². The number of rotatable bonds is 4. The number of piperidine rings is 1.